The topological polar surface area (TPSA) is 87.7 Å². The van der Waals surface area contributed by atoms with Crippen LogP contribution in [-0.4, -0.2) is 50.1 Å². The summed E-state index contributed by atoms with van der Waals surface area (Å²) in [5.41, 5.74) is 1.70. The average molecular weight is 367 g/mol. The van der Waals surface area contributed by atoms with E-state index >= 15 is 0 Å². The number of halogens is 2. The van der Waals surface area contributed by atoms with Gasteiger partial charge in [0.15, 0.2) is 0 Å². The van der Waals surface area contributed by atoms with Crippen molar-refractivity contribution in [2.45, 2.75) is 31.3 Å². The van der Waals surface area contributed by atoms with Crippen molar-refractivity contribution in [3.05, 3.63) is 29.8 Å². The van der Waals surface area contributed by atoms with Crippen LogP contribution < -0.4 is 15.5 Å². The number of amides is 3. The van der Waals surface area contributed by atoms with Gasteiger partial charge >= 0.3 is 12.5 Å². The van der Waals surface area contributed by atoms with Gasteiger partial charge in [-0.25, -0.2) is 4.79 Å². The standard InChI is InChI=1S/C17H19F2N3O4/c18-15(19)16(24)21-8-13-9-22(17(25)26-13)12-4-1-10(2-5-12)11-3-6-14(23)20-7-11/h1-2,4-5,11,13,15H,3,6-9H2,(H,20,23)(H,21,24). The summed E-state index contributed by atoms with van der Waals surface area (Å²) >= 11 is 0. The Morgan fingerprint density at radius 1 is 1.31 bits per heavy atom. The van der Waals surface area contributed by atoms with Crippen LogP contribution in [0, 0.1) is 0 Å². The van der Waals surface area contributed by atoms with E-state index in [9.17, 15) is 23.2 Å². The molecule has 2 aliphatic rings. The van der Waals surface area contributed by atoms with Gasteiger partial charge in [-0.1, -0.05) is 12.1 Å². The van der Waals surface area contributed by atoms with E-state index in [1.807, 2.05) is 17.4 Å². The number of hydrogen-bond donors (Lipinski definition) is 2. The summed E-state index contributed by atoms with van der Waals surface area (Å²) in [6.45, 7) is 0.600. The molecule has 9 heteroatoms. The van der Waals surface area contributed by atoms with Gasteiger partial charge in [-0.3, -0.25) is 14.5 Å². The molecule has 2 N–H and O–H groups in total. The van der Waals surface area contributed by atoms with Gasteiger partial charge in [0.05, 0.1) is 13.1 Å². The SMILES string of the molecule is O=C1CCC(c2ccc(N3CC(CNC(=O)C(F)F)OC3=O)cc2)CN1. The molecule has 140 valence electrons. The number of cyclic esters (lactones) is 1. The molecular formula is C17H19F2N3O4. The third-order valence-corrected chi connectivity index (χ3v) is 4.52. The second-order valence-electron chi connectivity index (χ2n) is 6.29. The van der Waals surface area contributed by atoms with Crippen LogP contribution in [0.4, 0.5) is 19.3 Å². The Morgan fingerprint density at radius 3 is 2.65 bits per heavy atom. The fourth-order valence-corrected chi connectivity index (χ4v) is 3.07. The number of hydrogen-bond acceptors (Lipinski definition) is 4. The quantitative estimate of drug-likeness (QED) is 0.823. The maximum atomic E-state index is 12.2. The van der Waals surface area contributed by atoms with E-state index in [1.165, 1.54) is 4.90 Å². The van der Waals surface area contributed by atoms with Gasteiger partial charge in [-0.15, -0.1) is 0 Å². The molecule has 2 saturated heterocycles. The lowest BCUT2D eigenvalue weighted by Gasteiger charge is -2.23. The van der Waals surface area contributed by atoms with Crippen LogP contribution >= 0.6 is 0 Å². The summed E-state index contributed by atoms with van der Waals surface area (Å²) in [4.78, 5) is 35.5. The van der Waals surface area contributed by atoms with E-state index in [0.717, 1.165) is 12.0 Å². The molecule has 1 aromatic carbocycles. The molecule has 0 radical (unpaired) electrons. The fraction of sp³-hybridized carbons (Fsp3) is 0.471. The lowest BCUT2D eigenvalue weighted by Crippen LogP contribution is -2.37. The van der Waals surface area contributed by atoms with Crippen molar-refractivity contribution in [2.24, 2.45) is 0 Å². The highest BCUT2D eigenvalue weighted by Crippen LogP contribution is 2.27. The summed E-state index contributed by atoms with van der Waals surface area (Å²) < 4.78 is 29.5. The van der Waals surface area contributed by atoms with Crippen molar-refractivity contribution in [1.82, 2.24) is 10.6 Å². The normalized spacial score (nSPS) is 23.0. The maximum Gasteiger partial charge on any atom is 0.414 e. The zero-order valence-electron chi connectivity index (χ0n) is 13.9. The number of anilines is 1. The van der Waals surface area contributed by atoms with Crippen molar-refractivity contribution in [3.63, 3.8) is 0 Å². The number of alkyl halides is 2. The molecule has 2 unspecified atom stereocenters. The number of benzene rings is 1. The number of carbonyl (C=O) groups is 3. The second-order valence-corrected chi connectivity index (χ2v) is 6.29. The Kier molecular flexibility index (Phi) is 5.34. The molecule has 0 aliphatic carbocycles. The summed E-state index contributed by atoms with van der Waals surface area (Å²) in [7, 11) is 0. The molecule has 1 aromatic rings. The Labute approximate surface area is 148 Å². The van der Waals surface area contributed by atoms with Gasteiger partial charge in [-0.2, -0.15) is 8.78 Å². The number of ether oxygens (including phenoxy) is 1. The van der Waals surface area contributed by atoms with E-state index in [0.29, 0.717) is 18.7 Å². The zero-order chi connectivity index (χ0) is 18.7. The smallest absolute Gasteiger partial charge is 0.414 e. The maximum absolute atomic E-state index is 12.2. The fourth-order valence-electron chi connectivity index (χ4n) is 3.07. The van der Waals surface area contributed by atoms with Gasteiger partial charge in [0.2, 0.25) is 5.91 Å². The van der Waals surface area contributed by atoms with Gasteiger partial charge in [0, 0.05) is 24.6 Å². The molecule has 2 fully saturated rings. The Balaban J connectivity index is 1.58. The second kappa shape index (κ2) is 7.67. The van der Waals surface area contributed by atoms with Gasteiger partial charge in [0.1, 0.15) is 6.10 Å². The van der Waals surface area contributed by atoms with Crippen LogP contribution in [0.1, 0.15) is 24.3 Å². The zero-order valence-corrected chi connectivity index (χ0v) is 13.9. The molecule has 0 bridgehead atoms. The minimum Gasteiger partial charge on any atom is -0.442 e. The van der Waals surface area contributed by atoms with E-state index in [4.69, 9.17) is 4.74 Å². The molecule has 7 nitrogen and oxygen atoms in total. The predicted octanol–water partition coefficient (Wildman–Crippen LogP) is 1.39. The Hall–Kier alpha value is -2.71. The molecule has 0 aromatic heterocycles. The average Bonchev–Trinajstić information content (AvgIpc) is 3.01. The van der Waals surface area contributed by atoms with E-state index < -0.39 is 24.5 Å². The molecular weight excluding hydrogens is 348 g/mol. The third kappa shape index (κ3) is 4.09. The number of nitrogens with zero attached hydrogens (tertiary/aromatic N) is 1. The van der Waals surface area contributed by atoms with Crippen LogP contribution in [0.5, 0.6) is 0 Å². The lowest BCUT2D eigenvalue weighted by molar-refractivity contribution is -0.132. The van der Waals surface area contributed by atoms with Crippen molar-refractivity contribution in [3.8, 4) is 0 Å². The molecule has 0 spiro atoms. The molecule has 26 heavy (non-hydrogen) atoms. The minimum absolute atomic E-state index is 0.0580. The van der Waals surface area contributed by atoms with Crippen molar-refractivity contribution in [1.29, 1.82) is 0 Å². The van der Waals surface area contributed by atoms with E-state index in [2.05, 4.69) is 5.32 Å². The highest BCUT2D eigenvalue weighted by Gasteiger charge is 2.33. The highest BCUT2D eigenvalue weighted by molar-refractivity contribution is 5.90. The van der Waals surface area contributed by atoms with Crippen molar-refractivity contribution >= 4 is 23.6 Å². The summed E-state index contributed by atoms with van der Waals surface area (Å²) in [6, 6.07) is 7.37. The summed E-state index contributed by atoms with van der Waals surface area (Å²) in [5.74, 6) is -1.09. The van der Waals surface area contributed by atoms with Crippen LogP contribution in [0.15, 0.2) is 24.3 Å². The van der Waals surface area contributed by atoms with E-state index in [-0.39, 0.29) is 24.9 Å². The first-order valence-electron chi connectivity index (χ1n) is 8.34. The van der Waals surface area contributed by atoms with Crippen LogP contribution in [0.25, 0.3) is 0 Å². The molecule has 3 amide bonds. The van der Waals surface area contributed by atoms with Crippen LogP contribution in [0.3, 0.4) is 0 Å². The Bertz CT molecular complexity index is 686. The molecule has 2 aliphatic heterocycles. The van der Waals surface area contributed by atoms with Crippen LogP contribution in [0.2, 0.25) is 0 Å². The van der Waals surface area contributed by atoms with E-state index in [1.54, 1.807) is 12.1 Å². The molecule has 3 rings (SSSR count). The Morgan fingerprint density at radius 2 is 2.04 bits per heavy atom. The lowest BCUT2D eigenvalue weighted by atomic mass is 9.91. The van der Waals surface area contributed by atoms with Crippen molar-refractivity contribution in [2.75, 3.05) is 24.5 Å². The van der Waals surface area contributed by atoms with Gasteiger partial charge in [-0.05, 0) is 24.1 Å². The molecule has 0 saturated carbocycles. The highest BCUT2D eigenvalue weighted by atomic mass is 19.3. The third-order valence-electron chi connectivity index (χ3n) is 4.52. The minimum atomic E-state index is -3.10. The predicted molar refractivity (Wildman–Crippen MR) is 88.1 cm³/mol. The monoisotopic (exact) mass is 367 g/mol. The summed E-state index contributed by atoms with van der Waals surface area (Å²) in [6.07, 6.45) is -3.09. The number of rotatable bonds is 5. The number of piperidine rings is 1. The number of nitrogens with one attached hydrogen (secondary N) is 2. The van der Waals surface area contributed by atoms with Gasteiger partial charge in [0.25, 0.3) is 5.91 Å². The first-order valence-corrected chi connectivity index (χ1v) is 8.34. The summed E-state index contributed by atoms with van der Waals surface area (Å²) in [5, 5.41) is 4.88. The molecule has 2 atom stereocenters. The van der Waals surface area contributed by atoms with Gasteiger partial charge < -0.3 is 15.4 Å². The number of carbonyl (C=O) groups excluding carboxylic acids is 3. The largest absolute Gasteiger partial charge is 0.442 e. The van der Waals surface area contributed by atoms with Crippen LogP contribution in [-0.2, 0) is 14.3 Å². The first-order chi connectivity index (χ1) is 12.4. The molecule has 2 heterocycles. The first kappa shape index (κ1) is 18.1. The van der Waals surface area contributed by atoms with Crippen molar-refractivity contribution < 1.29 is 27.9 Å².